The van der Waals surface area contributed by atoms with Crippen molar-refractivity contribution < 1.29 is 4.42 Å². The minimum atomic E-state index is 0.943. The summed E-state index contributed by atoms with van der Waals surface area (Å²) in [6, 6.07) is 32.3. The summed E-state index contributed by atoms with van der Waals surface area (Å²) in [5.41, 5.74) is 5.51. The Morgan fingerprint density at radius 2 is 1.36 bits per heavy atom. The van der Waals surface area contributed by atoms with Crippen LogP contribution in [0.1, 0.15) is 5.56 Å². The van der Waals surface area contributed by atoms with Crippen LogP contribution in [0, 0.1) is 6.92 Å². The summed E-state index contributed by atoms with van der Waals surface area (Å²) in [4.78, 5) is 0. The first-order valence-corrected chi connectivity index (χ1v) is 9.62. The van der Waals surface area contributed by atoms with Crippen molar-refractivity contribution in [1.29, 1.82) is 0 Å². The summed E-state index contributed by atoms with van der Waals surface area (Å²) in [5, 5.41) is 7.37. The second-order valence-corrected chi connectivity index (χ2v) is 7.48. The van der Waals surface area contributed by atoms with Crippen LogP contribution in [0.25, 0.3) is 54.6 Å². The molecule has 0 saturated heterocycles. The van der Waals surface area contributed by atoms with Crippen LogP contribution in [-0.2, 0) is 0 Å². The van der Waals surface area contributed by atoms with Gasteiger partial charge < -0.3 is 4.42 Å². The van der Waals surface area contributed by atoms with Gasteiger partial charge in [-0.05, 0) is 46.2 Å². The highest BCUT2D eigenvalue weighted by molar-refractivity contribution is 6.28. The molecule has 0 bridgehead atoms. The van der Waals surface area contributed by atoms with Crippen LogP contribution in [0.15, 0.2) is 95.4 Å². The number of fused-ring (bicyclic) bond motifs is 7. The van der Waals surface area contributed by atoms with Crippen molar-refractivity contribution in [3.8, 4) is 11.1 Å². The van der Waals surface area contributed by atoms with E-state index in [1.165, 1.54) is 43.4 Å². The van der Waals surface area contributed by atoms with Crippen molar-refractivity contribution in [2.75, 3.05) is 0 Å². The fourth-order valence-electron chi connectivity index (χ4n) is 4.41. The summed E-state index contributed by atoms with van der Waals surface area (Å²) in [5.74, 6) is 0. The number of aryl methyl sites for hydroxylation is 1. The van der Waals surface area contributed by atoms with Gasteiger partial charge in [-0.25, -0.2) is 0 Å². The van der Waals surface area contributed by atoms with Crippen LogP contribution < -0.4 is 0 Å². The molecular weight excluding hydrogens is 340 g/mol. The average Bonchev–Trinajstić information content (AvgIpc) is 3.13. The Kier molecular flexibility index (Phi) is 3.15. The first kappa shape index (κ1) is 15.5. The predicted octanol–water partition coefficient (Wildman–Crippen LogP) is 7.87. The van der Waals surface area contributed by atoms with E-state index in [0.29, 0.717) is 0 Å². The molecule has 0 atom stereocenters. The smallest absolute Gasteiger partial charge is 0.143 e. The van der Waals surface area contributed by atoms with Crippen LogP contribution in [-0.4, -0.2) is 0 Å². The minimum absolute atomic E-state index is 0.943. The standard InChI is InChI=1S/C27H18O/c1-17-7-6-10-19(15-17)23-16-20-9-3-5-12-22(20)26-25-21-11-4-2-8-18(21)13-14-24(25)28-27(23)26/h2-16H,1H3. The van der Waals surface area contributed by atoms with E-state index < -0.39 is 0 Å². The summed E-state index contributed by atoms with van der Waals surface area (Å²) in [6.45, 7) is 2.13. The minimum Gasteiger partial charge on any atom is -0.455 e. The molecule has 0 unspecified atom stereocenters. The molecule has 0 aliphatic rings. The van der Waals surface area contributed by atoms with E-state index in [-0.39, 0.29) is 0 Å². The van der Waals surface area contributed by atoms with E-state index in [9.17, 15) is 0 Å². The highest BCUT2D eigenvalue weighted by Crippen LogP contribution is 2.43. The molecule has 0 aliphatic heterocycles. The zero-order chi connectivity index (χ0) is 18.7. The van der Waals surface area contributed by atoms with Gasteiger partial charge in [0.15, 0.2) is 0 Å². The number of furan rings is 1. The van der Waals surface area contributed by atoms with Gasteiger partial charge in [-0.1, -0.05) is 84.4 Å². The zero-order valence-electron chi connectivity index (χ0n) is 15.6. The van der Waals surface area contributed by atoms with Gasteiger partial charge in [0.25, 0.3) is 0 Å². The Bertz CT molecular complexity index is 1520. The van der Waals surface area contributed by atoms with Gasteiger partial charge in [0.1, 0.15) is 11.2 Å². The Morgan fingerprint density at radius 1 is 0.607 bits per heavy atom. The molecule has 0 saturated carbocycles. The second kappa shape index (κ2) is 5.71. The Labute approximate surface area is 162 Å². The molecular formula is C27H18O. The van der Waals surface area contributed by atoms with Gasteiger partial charge in [-0.15, -0.1) is 0 Å². The number of benzene rings is 5. The molecule has 28 heavy (non-hydrogen) atoms. The van der Waals surface area contributed by atoms with Crippen molar-refractivity contribution >= 4 is 43.5 Å². The first-order valence-electron chi connectivity index (χ1n) is 9.62. The normalized spacial score (nSPS) is 11.8. The predicted molar refractivity (Wildman–Crippen MR) is 119 cm³/mol. The second-order valence-electron chi connectivity index (χ2n) is 7.48. The summed E-state index contributed by atoms with van der Waals surface area (Å²) in [6.07, 6.45) is 0. The largest absolute Gasteiger partial charge is 0.455 e. The lowest BCUT2D eigenvalue weighted by molar-refractivity contribution is 0.670. The third kappa shape index (κ3) is 2.13. The lowest BCUT2D eigenvalue weighted by atomic mass is 9.94. The van der Waals surface area contributed by atoms with Crippen molar-refractivity contribution in [1.82, 2.24) is 0 Å². The number of rotatable bonds is 1. The third-order valence-electron chi connectivity index (χ3n) is 5.68. The molecule has 6 rings (SSSR count). The van der Waals surface area contributed by atoms with Crippen molar-refractivity contribution in [2.24, 2.45) is 0 Å². The molecule has 0 amide bonds. The maximum absolute atomic E-state index is 6.49. The van der Waals surface area contributed by atoms with Gasteiger partial charge in [0.2, 0.25) is 0 Å². The molecule has 1 aromatic heterocycles. The zero-order valence-corrected chi connectivity index (χ0v) is 15.6. The Balaban J connectivity index is 1.90. The van der Waals surface area contributed by atoms with Crippen LogP contribution >= 0.6 is 0 Å². The molecule has 0 radical (unpaired) electrons. The van der Waals surface area contributed by atoms with Crippen molar-refractivity contribution in [2.45, 2.75) is 6.92 Å². The molecule has 1 nitrogen and oxygen atoms in total. The van der Waals surface area contributed by atoms with E-state index >= 15 is 0 Å². The maximum Gasteiger partial charge on any atom is 0.143 e. The molecule has 0 fully saturated rings. The van der Waals surface area contributed by atoms with E-state index in [0.717, 1.165) is 16.7 Å². The van der Waals surface area contributed by atoms with Crippen LogP contribution in [0.2, 0.25) is 0 Å². The molecule has 1 heterocycles. The van der Waals surface area contributed by atoms with E-state index in [2.05, 4.69) is 97.9 Å². The molecule has 5 aromatic carbocycles. The molecule has 6 aromatic rings. The fourth-order valence-corrected chi connectivity index (χ4v) is 4.41. The van der Waals surface area contributed by atoms with Crippen LogP contribution in [0.4, 0.5) is 0 Å². The number of hydrogen-bond donors (Lipinski definition) is 0. The SMILES string of the molecule is Cc1cccc(-c2cc3ccccc3c3c2oc2ccc4ccccc4c23)c1. The maximum atomic E-state index is 6.49. The Morgan fingerprint density at radius 3 is 2.18 bits per heavy atom. The van der Waals surface area contributed by atoms with Crippen LogP contribution in [0.3, 0.4) is 0 Å². The van der Waals surface area contributed by atoms with Gasteiger partial charge in [0, 0.05) is 16.3 Å². The topological polar surface area (TPSA) is 13.1 Å². The summed E-state index contributed by atoms with van der Waals surface area (Å²) in [7, 11) is 0. The van der Waals surface area contributed by atoms with Gasteiger partial charge in [-0.2, -0.15) is 0 Å². The summed E-state index contributed by atoms with van der Waals surface area (Å²) >= 11 is 0. The Hall–Kier alpha value is -3.58. The lowest BCUT2D eigenvalue weighted by Crippen LogP contribution is -1.83. The first-order chi connectivity index (χ1) is 13.8. The van der Waals surface area contributed by atoms with Gasteiger partial charge >= 0.3 is 0 Å². The van der Waals surface area contributed by atoms with Crippen molar-refractivity contribution in [3.63, 3.8) is 0 Å². The summed E-state index contributed by atoms with van der Waals surface area (Å²) < 4.78 is 6.49. The number of hydrogen-bond acceptors (Lipinski definition) is 1. The monoisotopic (exact) mass is 358 g/mol. The lowest BCUT2D eigenvalue weighted by Gasteiger charge is -2.08. The fraction of sp³-hybridized carbons (Fsp3) is 0.0370. The third-order valence-corrected chi connectivity index (χ3v) is 5.68. The van der Waals surface area contributed by atoms with E-state index in [4.69, 9.17) is 4.42 Å². The average molecular weight is 358 g/mol. The quantitative estimate of drug-likeness (QED) is 0.291. The molecule has 1 heteroatoms. The molecule has 0 spiro atoms. The van der Waals surface area contributed by atoms with E-state index in [1.807, 2.05) is 0 Å². The molecule has 132 valence electrons. The van der Waals surface area contributed by atoms with Gasteiger partial charge in [0.05, 0.1) is 0 Å². The van der Waals surface area contributed by atoms with Gasteiger partial charge in [-0.3, -0.25) is 0 Å². The van der Waals surface area contributed by atoms with Crippen LogP contribution in [0.5, 0.6) is 0 Å². The molecule has 0 aliphatic carbocycles. The van der Waals surface area contributed by atoms with E-state index in [1.54, 1.807) is 0 Å². The highest BCUT2D eigenvalue weighted by atomic mass is 16.3. The highest BCUT2D eigenvalue weighted by Gasteiger charge is 2.17. The molecule has 0 N–H and O–H groups in total. The van der Waals surface area contributed by atoms with Crippen molar-refractivity contribution in [3.05, 3.63) is 96.6 Å².